The summed E-state index contributed by atoms with van der Waals surface area (Å²) < 4.78 is 0. The van der Waals surface area contributed by atoms with E-state index >= 15 is 0 Å². The molecule has 1 aliphatic carbocycles. The molecule has 0 saturated heterocycles. The van der Waals surface area contributed by atoms with Gasteiger partial charge in [0, 0.05) is 6.20 Å². The summed E-state index contributed by atoms with van der Waals surface area (Å²) >= 11 is 1.46. The lowest BCUT2D eigenvalue weighted by atomic mass is 10.3. The van der Waals surface area contributed by atoms with Gasteiger partial charge in [0.1, 0.15) is 0 Å². The van der Waals surface area contributed by atoms with Crippen LogP contribution in [0.25, 0.3) is 0 Å². The first-order chi connectivity index (χ1) is 8.11. The molecule has 1 aliphatic heterocycles. The SMILES string of the molecule is CSc1ncc2c(n1)CN(CC1(O)CC1)C2=O. The first kappa shape index (κ1) is 11.0. The van der Waals surface area contributed by atoms with Gasteiger partial charge in [-0.25, -0.2) is 9.97 Å². The van der Waals surface area contributed by atoms with Crippen LogP contribution in [0.2, 0.25) is 0 Å². The molecule has 0 unspecified atom stereocenters. The molecule has 3 rings (SSSR count). The van der Waals surface area contributed by atoms with Gasteiger partial charge in [-0.2, -0.15) is 0 Å². The van der Waals surface area contributed by atoms with Gasteiger partial charge in [0.25, 0.3) is 5.91 Å². The minimum Gasteiger partial charge on any atom is -0.388 e. The van der Waals surface area contributed by atoms with E-state index in [-0.39, 0.29) is 5.91 Å². The van der Waals surface area contributed by atoms with Crippen LogP contribution in [-0.2, 0) is 6.54 Å². The van der Waals surface area contributed by atoms with Gasteiger partial charge in [0.2, 0.25) is 0 Å². The van der Waals surface area contributed by atoms with Crippen LogP contribution in [0.15, 0.2) is 11.4 Å². The van der Waals surface area contributed by atoms with Gasteiger partial charge < -0.3 is 10.0 Å². The molecule has 0 spiro atoms. The van der Waals surface area contributed by atoms with Crippen molar-refractivity contribution in [3.8, 4) is 0 Å². The Bertz CT molecular complexity index is 488. The Morgan fingerprint density at radius 2 is 2.35 bits per heavy atom. The molecular formula is C11H13N3O2S. The summed E-state index contributed by atoms with van der Waals surface area (Å²) in [5.74, 6) is -0.0621. The Balaban J connectivity index is 1.83. The summed E-state index contributed by atoms with van der Waals surface area (Å²) in [7, 11) is 0. The van der Waals surface area contributed by atoms with E-state index in [0.29, 0.717) is 23.8 Å². The molecule has 1 saturated carbocycles. The van der Waals surface area contributed by atoms with Gasteiger partial charge in [-0.3, -0.25) is 4.79 Å². The van der Waals surface area contributed by atoms with E-state index in [1.807, 2.05) is 6.26 Å². The number of aromatic nitrogens is 2. The largest absolute Gasteiger partial charge is 0.388 e. The second-order valence-corrected chi connectivity index (χ2v) is 5.38. The highest BCUT2D eigenvalue weighted by atomic mass is 32.2. The highest BCUT2D eigenvalue weighted by Crippen LogP contribution is 2.37. The first-order valence-electron chi connectivity index (χ1n) is 5.53. The van der Waals surface area contributed by atoms with Crippen molar-refractivity contribution < 1.29 is 9.90 Å². The van der Waals surface area contributed by atoms with E-state index < -0.39 is 5.60 Å². The standard InChI is InChI=1S/C11H13N3O2S/c1-17-10-12-4-7-8(13-10)5-14(9(7)15)6-11(16)2-3-11/h4,16H,2-3,5-6H2,1H3. The minimum absolute atomic E-state index is 0.0621. The maximum Gasteiger partial charge on any atom is 0.257 e. The third-order valence-electron chi connectivity index (χ3n) is 3.20. The summed E-state index contributed by atoms with van der Waals surface area (Å²) in [5.41, 5.74) is 0.707. The fraction of sp³-hybridized carbons (Fsp3) is 0.545. The van der Waals surface area contributed by atoms with Crippen LogP contribution >= 0.6 is 11.8 Å². The number of rotatable bonds is 3. The lowest BCUT2D eigenvalue weighted by Gasteiger charge is -2.18. The molecular weight excluding hydrogens is 238 g/mol. The topological polar surface area (TPSA) is 66.3 Å². The Hall–Kier alpha value is -1.14. The molecule has 2 heterocycles. The Labute approximate surface area is 103 Å². The summed E-state index contributed by atoms with van der Waals surface area (Å²) in [6.45, 7) is 0.906. The molecule has 17 heavy (non-hydrogen) atoms. The number of hydrogen-bond donors (Lipinski definition) is 1. The van der Waals surface area contributed by atoms with Crippen LogP contribution in [0.3, 0.4) is 0 Å². The quantitative estimate of drug-likeness (QED) is 0.632. The van der Waals surface area contributed by atoms with Gasteiger partial charge >= 0.3 is 0 Å². The average molecular weight is 251 g/mol. The number of aliphatic hydroxyl groups is 1. The molecule has 1 aromatic heterocycles. The molecule has 0 atom stereocenters. The predicted molar refractivity (Wildman–Crippen MR) is 62.7 cm³/mol. The third kappa shape index (κ3) is 1.91. The summed E-state index contributed by atoms with van der Waals surface area (Å²) in [4.78, 5) is 22.1. The van der Waals surface area contributed by atoms with Gasteiger partial charge in [-0.15, -0.1) is 0 Å². The number of amides is 1. The van der Waals surface area contributed by atoms with Crippen LogP contribution < -0.4 is 0 Å². The zero-order valence-corrected chi connectivity index (χ0v) is 10.3. The highest BCUT2D eigenvalue weighted by molar-refractivity contribution is 7.98. The van der Waals surface area contributed by atoms with E-state index in [1.54, 1.807) is 11.1 Å². The Morgan fingerprint density at radius 3 is 3.00 bits per heavy atom. The predicted octanol–water partition coefficient (Wildman–Crippen LogP) is 0.679. The first-order valence-corrected chi connectivity index (χ1v) is 6.75. The number of carbonyl (C=O) groups excluding carboxylic acids is 1. The molecule has 6 heteroatoms. The zero-order valence-electron chi connectivity index (χ0n) is 9.51. The molecule has 1 fully saturated rings. The number of β-amino-alcohol motifs (C(OH)–C–C–N with tert-alkyl or cyclic N) is 1. The fourth-order valence-corrected chi connectivity index (χ4v) is 2.36. The van der Waals surface area contributed by atoms with Gasteiger partial charge in [0.05, 0.1) is 29.9 Å². The Kier molecular flexibility index (Phi) is 2.38. The zero-order chi connectivity index (χ0) is 12.0. The maximum atomic E-state index is 12.0. The molecule has 2 aliphatic rings. The molecule has 1 aromatic rings. The van der Waals surface area contributed by atoms with E-state index in [1.165, 1.54) is 11.8 Å². The van der Waals surface area contributed by atoms with E-state index in [4.69, 9.17) is 0 Å². The van der Waals surface area contributed by atoms with E-state index in [2.05, 4.69) is 9.97 Å². The van der Waals surface area contributed by atoms with Crippen molar-refractivity contribution in [3.63, 3.8) is 0 Å². The maximum absolute atomic E-state index is 12.0. The average Bonchev–Trinajstić information content (AvgIpc) is 2.97. The summed E-state index contributed by atoms with van der Waals surface area (Å²) in [6, 6.07) is 0. The molecule has 1 amide bonds. The second kappa shape index (κ2) is 3.68. The summed E-state index contributed by atoms with van der Waals surface area (Å²) in [5, 5.41) is 10.5. The molecule has 90 valence electrons. The highest BCUT2D eigenvalue weighted by Gasteiger charge is 2.44. The third-order valence-corrected chi connectivity index (χ3v) is 3.76. The summed E-state index contributed by atoms with van der Waals surface area (Å²) in [6.07, 6.45) is 5.07. The van der Waals surface area contributed by atoms with Crippen molar-refractivity contribution in [1.82, 2.24) is 14.9 Å². The smallest absolute Gasteiger partial charge is 0.257 e. The lowest BCUT2D eigenvalue weighted by Crippen LogP contribution is -2.33. The molecule has 0 radical (unpaired) electrons. The monoisotopic (exact) mass is 251 g/mol. The molecule has 0 bridgehead atoms. The number of carbonyl (C=O) groups is 1. The van der Waals surface area contributed by atoms with Crippen molar-refractivity contribution in [2.24, 2.45) is 0 Å². The van der Waals surface area contributed by atoms with Crippen molar-refractivity contribution in [2.75, 3.05) is 12.8 Å². The van der Waals surface area contributed by atoms with Gasteiger partial charge in [0.15, 0.2) is 5.16 Å². The number of fused-ring (bicyclic) bond motifs is 1. The van der Waals surface area contributed by atoms with Crippen LogP contribution in [0.4, 0.5) is 0 Å². The lowest BCUT2D eigenvalue weighted by molar-refractivity contribution is 0.0589. The van der Waals surface area contributed by atoms with Crippen LogP contribution in [0, 0.1) is 0 Å². The van der Waals surface area contributed by atoms with Crippen molar-refractivity contribution in [1.29, 1.82) is 0 Å². The van der Waals surface area contributed by atoms with Crippen LogP contribution in [0.1, 0.15) is 28.9 Å². The molecule has 0 aromatic carbocycles. The van der Waals surface area contributed by atoms with Crippen LogP contribution in [-0.4, -0.2) is 44.3 Å². The van der Waals surface area contributed by atoms with Crippen molar-refractivity contribution in [2.45, 2.75) is 30.1 Å². The van der Waals surface area contributed by atoms with Gasteiger partial charge in [-0.1, -0.05) is 11.8 Å². The van der Waals surface area contributed by atoms with E-state index in [9.17, 15) is 9.90 Å². The molecule has 5 nitrogen and oxygen atoms in total. The normalized spacial score (nSPS) is 20.6. The number of hydrogen-bond acceptors (Lipinski definition) is 5. The number of nitrogens with zero attached hydrogens (tertiary/aromatic N) is 3. The minimum atomic E-state index is -0.645. The second-order valence-electron chi connectivity index (χ2n) is 4.60. The van der Waals surface area contributed by atoms with Crippen LogP contribution in [0.5, 0.6) is 0 Å². The van der Waals surface area contributed by atoms with E-state index in [0.717, 1.165) is 18.5 Å². The number of thioether (sulfide) groups is 1. The van der Waals surface area contributed by atoms with Crippen molar-refractivity contribution in [3.05, 3.63) is 17.5 Å². The molecule has 1 N–H and O–H groups in total. The van der Waals surface area contributed by atoms with Gasteiger partial charge in [-0.05, 0) is 19.1 Å². The fourth-order valence-electron chi connectivity index (χ4n) is 2.00. The Morgan fingerprint density at radius 1 is 1.59 bits per heavy atom. The van der Waals surface area contributed by atoms with Crippen molar-refractivity contribution >= 4 is 17.7 Å².